The lowest BCUT2D eigenvalue weighted by molar-refractivity contribution is 0.0953. The van der Waals surface area contributed by atoms with Gasteiger partial charge in [0.15, 0.2) is 11.5 Å². The predicted octanol–water partition coefficient (Wildman–Crippen LogP) is 3.00. The highest BCUT2D eigenvalue weighted by molar-refractivity contribution is 9.10. The number of ether oxygens (including phenoxy) is 2. The van der Waals surface area contributed by atoms with Gasteiger partial charge in [-0.1, -0.05) is 6.92 Å². The van der Waals surface area contributed by atoms with E-state index in [0.29, 0.717) is 34.7 Å². The summed E-state index contributed by atoms with van der Waals surface area (Å²) in [6.07, 6.45) is 0.904. The van der Waals surface area contributed by atoms with Crippen LogP contribution in [0.4, 0.5) is 0 Å². The third-order valence-electron chi connectivity index (χ3n) is 2.31. The van der Waals surface area contributed by atoms with Gasteiger partial charge in [-0.25, -0.2) is 0 Å². The van der Waals surface area contributed by atoms with E-state index < -0.39 is 0 Å². The van der Waals surface area contributed by atoms with Crippen molar-refractivity contribution in [3.05, 3.63) is 22.2 Å². The van der Waals surface area contributed by atoms with E-state index in [9.17, 15) is 4.79 Å². The Morgan fingerprint density at radius 1 is 1.39 bits per heavy atom. The van der Waals surface area contributed by atoms with Crippen LogP contribution in [0.2, 0.25) is 0 Å². The second-order valence-electron chi connectivity index (χ2n) is 3.68. The zero-order valence-electron chi connectivity index (χ0n) is 10.9. The molecule has 1 amide bonds. The van der Waals surface area contributed by atoms with Crippen molar-refractivity contribution >= 4 is 21.8 Å². The molecule has 0 heterocycles. The number of rotatable bonds is 6. The molecule has 0 radical (unpaired) electrons. The molecule has 0 atom stereocenters. The zero-order valence-corrected chi connectivity index (χ0v) is 12.5. The maximum Gasteiger partial charge on any atom is 0.251 e. The molecule has 1 rings (SSSR count). The van der Waals surface area contributed by atoms with Crippen LogP contribution in [0, 0.1) is 0 Å². The fourth-order valence-corrected chi connectivity index (χ4v) is 2.10. The summed E-state index contributed by atoms with van der Waals surface area (Å²) in [5.41, 5.74) is 0.555. The van der Waals surface area contributed by atoms with E-state index in [1.54, 1.807) is 19.2 Å². The van der Waals surface area contributed by atoms with Crippen LogP contribution < -0.4 is 14.8 Å². The molecule has 0 saturated heterocycles. The highest BCUT2D eigenvalue weighted by Gasteiger charge is 2.14. The molecule has 1 aromatic carbocycles. The SMILES string of the molecule is CCCNC(=O)c1cc(Br)c(OC)c(OCC)c1. The summed E-state index contributed by atoms with van der Waals surface area (Å²) >= 11 is 3.38. The number of methoxy groups -OCH3 is 1. The molecule has 0 aliphatic rings. The molecule has 100 valence electrons. The first-order valence-electron chi connectivity index (χ1n) is 5.92. The van der Waals surface area contributed by atoms with Gasteiger partial charge in [-0.05, 0) is 41.4 Å². The van der Waals surface area contributed by atoms with Gasteiger partial charge in [0.25, 0.3) is 5.91 Å². The van der Waals surface area contributed by atoms with Crippen LogP contribution in [0.25, 0.3) is 0 Å². The van der Waals surface area contributed by atoms with Gasteiger partial charge in [-0.3, -0.25) is 4.79 Å². The monoisotopic (exact) mass is 315 g/mol. The Labute approximate surface area is 116 Å². The second kappa shape index (κ2) is 7.26. The third kappa shape index (κ3) is 3.63. The number of benzene rings is 1. The van der Waals surface area contributed by atoms with Crippen LogP contribution in [0.1, 0.15) is 30.6 Å². The van der Waals surface area contributed by atoms with Gasteiger partial charge in [0, 0.05) is 12.1 Å². The van der Waals surface area contributed by atoms with Crippen LogP contribution in [0.15, 0.2) is 16.6 Å². The number of carbonyl (C=O) groups excluding carboxylic acids is 1. The van der Waals surface area contributed by atoms with Crippen LogP contribution in [0.3, 0.4) is 0 Å². The predicted molar refractivity (Wildman–Crippen MR) is 74.5 cm³/mol. The van der Waals surface area contributed by atoms with Crippen molar-refractivity contribution in [2.45, 2.75) is 20.3 Å². The zero-order chi connectivity index (χ0) is 13.5. The van der Waals surface area contributed by atoms with E-state index in [-0.39, 0.29) is 5.91 Å². The molecule has 0 spiro atoms. The fraction of sp³-hybridized carbons (Fsp3) is 0.462. The molecule has 1 aromatic rings. The number of nitrogens with one attached hydrogen (secondary N) is 1. The van der Waals surface area contributed by atoms with E-state index in [0.717, 1.165) is 6.42 Å². The highest BCUT2D eigenvalue weighted by Crippen LogP contribution is 2.36. The summed E-state index contributed by atoms with van der Waals surface area (Å²) in [6, 6.07) is 3.42. The summed E-state index contributed by atoms with van der Waals surface area (Å²) in [5.74, 6) is 1.06. The summed E-state index contributed by atoms with van der Waals surface area (Å²) in [5, 5.41) is 2.83. The highest BCUT2D eigenvalue weighted by atomic mass is 79.9. The topological polar surface area (TPSA) is 47.6 Å². The van der Waals surface area contributed by atoms with Crippen molar-refractivity contribution in [3.63, 3.8) is 0 Å². The molecule has 0 bridgehead atoms. The normalized spacial score (nSPS) is 10.0. The van der Waals surface area contributed by atoms with Crippen LogP contribution >= 0.6 is 15.9 Å². The van der Waals surface area contributed by atoms with E-state index in [1.807, 2.05) is 13.8 Å². The van der Waals surface area contributed by atoms with Crippen LogP contribution in [-0.2, 0) is 0 Å². The lowest BCUT2D eigenvalue weighted by Crippen LogP contribution is -2.24. The van der Waals surface area contributed by atoms with Gasteiger partial charge in [0.1, 0.15) is 0 Å². The van der Waals surface area contributed by atoms with E-state index in [2.05, 4.69) is 21.2 Å². The summed E-state index contributed by atoms with van der Waals surface area (Å²) in [4.78, 5) is 11.9. The maximum absolute atomic E-state index is 11.9. The largest absolute Gasteiger partial charge is 0.492 e. The molecule has 0 saturated carbocycles. The molecule has 4 nitrogen and oxygen atoms in total. The molecular weight excluding hydrogens is 298 g/mol. The number of hydrogen-bond acceptors (Lipinski definition) is 3. The minimum atomic E-state index is -0.110. The molecule has 0 fully saturated rings. The van der Waals surface area contributed by atoms with Crippen LogP contribution in [-0.4, -0.2) is 26.2 Å². The van der Waals surface area contributed by atoms with Gasteiger partial charge < -0.3 is 14.8 Å². The number of halogens is 1. The Bertz CT molecular complexity index is 421. The van der Waals surface area contributed by atoms with E-state index in [4.69, 9.17) is 9.47 Å². The average Bonchev–Trinajstić information content (AvgIpc) is 2.36. The standard InChI is InChI=1S/C13H18BrNO3/c1-4-6-15-13(16)9-7-10(14)12(17-3)11(8-9)18-5-2/h7-8H,4-6H2,1-3H3,(H,15,16). The minimum absolute atomic E-state index is 0.110. The molecule has 5 heteroatoms. The Balaban J connectivity index is 3.03. The van der Waals surface area contributed by atoms with E-state index >= 15 is 0 Å². The Kier molecular flexibility index (Phi) is 5.98. The maximum atomic E-state index is 11.9. The fourth-order valence-electron chi connectivity index (χ4n) is 1.50. The first-order chi connectivity index (χ1) is 8.63. The first kappa shape index (κ1) is 14.8. The minimum Gasteiger partial charge on any atom is -0.492 e. The van der Waals surface area contributed by atoms with Crippen molar-refractivity contribution in [1.82, 2.24) is 5.32 Å². The van der Waals surface area contributed by atoms with Gasteiger partial charge >= 0.3 is 0 Å². The Morgan fingerprint density at radius 2 is 2.11 bits per heavy atom. The second-order valence-corrected chi connectivity index (χ2v) is 4.53. The van der Waals surface area contributed by atoms with Gasteiger partial charge in [-0.2, -0.15) is 0 Å². The Morgan fingerprint density at radius 3 is 2.67 bits per heavy atom. The first-order valence-corrected chi connectivity index (χ1v) is 6.71. The smallest absolute Gasteiger partial charge is 0.251 e. The number of hydrogen-bond donors (Lipinski definition) is 1. The Hall–Kier alpha value is -1.23. The van der Waals surface area contributed by atoms with E-state index in [1.165, 1.54) is 0 Å². The molecular formula is C13H18BrNO3. The molecule has 0 aliphatic carbocycles. The van der Waals surface area contributed by atoms with Gasteiger partial charge in [0.2, 0.25) is 0 Å². The van der Waals surface area contributed by atoms with Crippen molar-refractivity contribution in [3.8, 4) is 11.5 Å². The van der Waals surface area contributed by atoms with Crippen LogP contribution in [0.5, 0.6) is 11.5 Å². The van der Waals surface area contributed by atoms with Crippen molar-refractivity contribution in [2.24, 2.45) is 0 Å². The average molecular weight is 316 g/mol. The molecule has 0 aromatic heterocycles. The number of amides is 1. The van der Waals surface area contributed by atoms with Gasteiger partial charge in [0.05, 0.1) is 18.2 Å². The quantitative estimate of drug-likeness (QED) is 0.878. The van der Waals surface area contributed by atoms with Crippen molar-refractivity contribution in [1.29, 1.82) is 0 Å². The molecule has 0 unspecified atom stereocenters. The summed E-state index contributed by atoms with van der Waals surface area (Å²) in [7, 11) is 1.57. The van der Waals surface area contributed by atoms with Gasteiger partial charge in [-0.15, -0.1) is 0 Å². The molecule has 1 N–H and O–H groups in total. The molecule has 0 aliphatic heterocycles. The lowest BCUT2D eigenvalue weighted by atomic mass is 10.2. The molecule has 18 heavy (non-hydrogen) atoms. The third-order valence-corrected chi connectivity index (χ3v) is 2.90. The summed E-state index contributed by atoms with van der Waals surface area (Å²) in [6.45, 7) is 5.07. The lowest BCUT2D eigenvalue weighted by Gasteiger charge is -2.13. The van der Waals surface area contributed by atoms with Crippen molar-refractivity contribution in [2.75, 3.05) is 20.3 Å². The number of carbonyl (C=O) groups is 1. The van der Waals surface area contributed by atoms with Crippen molar-refractivity contribution < 1.29 is 14.3 Å². The summed E-state index contributed by atoms with van der Waals surface area (Å²) < 4.78 is 11.4.